The standard InChI is InChI=1S/C14H11Cl2NO2/c1-8-3-4-12(9(2)5-8)19-14(18)10-6-11(15)13(16)17-7-10/h3-7H,1-2H3. The summed E-state index contributed by atoms with van der Waals surface area (Å²) in [5.41, 5.74) is 2.25. The summed E-state index contributed by atoms with van der Waals surface area (Å²) >= 11 is 11.5. The molecule has 0 amide bonds. The number of aromatic nitrogens is 1. The Balaban J connectivity index is 2.23. The molecule has 0 unspecified atom stereocenters. The molecule has 19 heavy (non-hydrogen) atoms. The number of carbonyl (C=O) groups excluding carboxylic acids is 1. The number of ether oxygens (including phenoxy) is 1. The van der Waals surface area contributed by atoms with E-state index in [1.165, 1.54) is 12.3 Å². The predicted molar refractivity (Wildman–Crippen MR) is 75.1 cm³/mol. The summed E-state index contributed by atoms with van der Waals surface area (Å²) in [4.78, 5) is 15.8. The minimum absolute atomic E-state index is 0.157. The van der Waals surface area contributed by atoms with Gasteiger partial charge in [-0.05, 0) is 31.5 Å². The summed E-state index contributed by atoms with van der Waals surface area (Å²) < 4.78 is 5.30. The van der Waals surface area contributed by atoms with E-state index in [0.29, 0.717) is 5.75 Å². The first-order valence-corrected chi connectivity index (χ1v) is 6.33. The van der Waals surface area contributed by atoms with Gasteiger partial charge < -0.3 is 4.74 Å². The quantitative estimate of drug-likeness (QED) is 0.473. The number of nitrogens with zero attached hydrogens (tertiary/aromatic N) is 1. The largest absolute Gasteiger partial charge is 0.423 e. The molecule has 1 heterocycles. The lowest BCUT2D eigenvalue weighted by Crippen LogP contribution is -2.09. The molecule has 0 aliphatic heterocycles. The van der Waals surface area contributed by atoms with Gasteiger partial charge in [0.05, 0.1) is 10.6 Å². The van der Waals surface area contributed by atoms with Crippen molar-refractivity contribution in [2.24, 2.45) is 0 Å². The zero-order chi connectivity index (χ0) is 14.0. The summed E-state index contributed by atoms with van der Waals surface area (Å²) in [5.74, 6) is -0.000285. The first kappa shape index (κ1) is 13.8. The van der Waals surface area contributed by atoms with Gasteiger partial charge in [0.2, 0.25) is 0 Å². The Kier molecular flexibility index (Phi) is 4.08. The third-order valence-electron chi connectivity index (χ3n) is 2.57. The normalized spacial score (nSPS) is 10.3. The fraction of sp³-hybridized carbons (Fsp3) is 0.143. The zero-order valence-electron chi connectivity index (χ0n) is 10.4. The molecule has 5 heteroatoms. The molecule has 0 aliphatic rings. The summed E-state index contributed by atoms with van der Waals surface area (Å²) in [6, 6.07) is 7.01. The maximum Gasteiger partial charge on any atom is 0.345 e. The van der Waals surface area contributed by atoms with Crippen LogP contribution in [-0.4, -0.2) is 11.0 Å². The van der Waals surface area contributed by atoms with E-state index in [-0.39, 0.29) is 15.7 Å². The molecule has 2 rings (SSSR count). The van der Waals surface area contributed by atoms with Gasteiger partial charge in [-0.25, -0.2) is 9.78 Å². The molecule has 0 N–H and O–H groups in total. The third kappa shape index (κ3) is 3.25. The number of esters is 1. The number of hydrogen-bond acceptors (Lipinski definition) is 3. The van der Waals surface area contributed by atoms with E-state index >= 15 is 0 Å². The van der Waals surface area contributed by atoms with Crippen LogP contribution in [0.25, 0.3) is 0 Å². The van der Waals surface area contributed by atoms with Crippen LogP contribution in [0, 0.1) is 13.8 Å². The van der Waals surface area contributed by atoms with Crippen LogP contribution in [0.4, 0.5) is 0 Å². The molecule has 0 aliphatic carbocycles. The van der Waals surface area contributed by atoms with Gasteiger partial charge in [0.15, 0.2) is 0 Å². The van der Waals surface area contributed by atoms with Crippen molar-refractivity contribution in [2.45, 2.75) is 13.8 Å². The van der Waals surface area contributed by atoms with Crippen LogP contribution in [-0.2, 0) is 0 Å². The second-order valence-electron chi connectivity index (χ2n) is 4.16. The Bertz CT molecular complexity index is 641. The van der Waals surface area contributed by atoms with Crippen molar-refractivity contribution in [1.82, 2.24) is 4.98 Å². The van der Waals surface area contributed by atoms with Crippen LogP contribution in [0.5, 0.6) is 5.75 Å². The lowest BCUT2D eigenvalue weighted by molar-refractivity contribution is 0.0733. The Morgan fingerprint density at radius 3 is 2.58 bits per heavy atom. The smallest absolute Gasteiger partial charge is 0.345 e. The Morgan fingerprint density at radius 2 is 1.95 bits per heavy atom. The highest BCUT2D eigenvalue weighted by Crippen LogP contribution is 2.23. The highest BCUT2D eigenvalue weighted by molar-refractivity contribution is 6.41. The molecule has 0 spiro atoms. The molecule has 1 aromatic carbocycles. The number of aryl methyl sites for hydroxylation is 2. The number of rotatable bonds is 2. The summed E-state index contributed by atoms with van der Waals surface area (Å²) in [6.07, 6.45) is 1.33. The summed E-state index contributed by atoms with van der Waals surface area (Å²) in [5, 5.41) is 0.376. The van der Waals surface area contributed by atoms with Crippen molar-refractivity contribution >= 4 is 29.2 Å². The average Bonchev–Trinajstić information content (AvgIpc) is 2.36. The minimum atomic E-state index is -0.516. The molecule has 1 aromatic heterocycles. The van der Waals surface area contributed by atoms with Gasteiger partial charge in [-0.1, -0.05) is 40.9 Å². The van der Waals surface area contributed by atoms with Crippen molar-refractivity contribution in [3.05, 3.63) is 57.3 Å². The zero-order valence-corrected chi connectivity index (χ0v) is 11.9. The lowest BCUT2D eigenvalue weighted by atomic mass is 10.1. The third-order valence-corrected chi connectivity index (χ3v) is 3.25. The fourth-order valence-electron chi connectivity index (χ4n) is 1.61. The number of hydrogen-bond donors (Lipinski definition) is 0. The number of pyridine rings is 1. The Labute approximate surface area is 121 Å². The lowest BCUT2D eigenvalue weighted by Gasteiger charge is -2.08. The molecule has 98 valence electrons. The summed E-state index contributed by atoms with van der Waals surface area (Å²) in [7, 11) is 0. The SMILES string of the molecule is Cc1ccc(OC(=O)c2cnc(Cl)c(Cl)c2)c(C)c1. The molecule has 2 aromatic rings. The highest BCUT2D eigenvalue weighted by Gasteiger charge is 2.12. The summed E-state index contributed by atoms with van der Waals surface area (Å²) in [6.45, 7) is 3.85. The van der Waals surface area contributed by atoms with Gasteiger partial charge in [0.25, 0.3) is 0 Å². The number of halogens is 2. The molecular weight excluding hydrogens is 285 g/mol. The van der Waals surface area contributed by atoms with E-state index in [1.54, 1.807) is 6.07 Å². The van der Waals surface area contributed by atoms with Gasteiger partial charge in [-0.2, -0.15) is 0 Å². The second kappa shape index (κ2) is 5.59. The first-order valence-electron chi connectivity index (χ1n) is 5.58. The molecule has 0 bridgehead atoms. The van der Waals surface area contributed by atoms with E-state index in [9.17, 15) is 4.79 Å². The van der Waals surface area contributed by atoms with Crippen molar-refractivity contribution in [3.63, 3.8) is 0 Å². The second-order valence-corrected chi connectivity index (χ2v) is 4.92. The molecule has 0 atom stereocenters. The van der Waals surface area contributed by atoms with Gasteiger partial charge >= 0.3 is 5.97 Å². The molecule has 0 fully saturated rings. The predicted octanol–water partition coefficient (Wildman–Crippen LogP) is 4.22. The van der Waals surface area contributed by atoms with Crippen LogP contribution in [0.15, 0.2) is 30.5 Å². The van der Waals surface area contributed by atoms with Crippen LogP contribution in [0.1, 0.15) is 21.5 Å². The van der Waals surface area contributed by atoms with Gasteiger partial charge in [0, 0.05) is 6.20 Å². The van der Waals surface area contributed by atoms with E-state index in [4.69, 9.17) is 27.9 Å². The Hall–Kier alpha value is -1.58. The minimum Gasteiger partial charge on any atom is -0.423 e. The molecule has 0 saturated carbocycles. The number of carbonyl (C=O) groups is 1. The van der Waals surface area contributed by atoms with Crippen LogP contribution >= 0.6 is 23.2 Å². The van der Waals surface area contributed by atoms with Gasteiger partial charge in [-0.3, -0.25) is 0 Å². The molecule has 3 nitrogen and oxygen atoms in total. The maximum atomic E-state index is 12.0. The molecule has 0 radical (unpaired) electrons. The van der Waals surface area contributed by atoms with E-state index < -0.39 is 5.97 Å². The van der Waals surface area contributed by atoms with E-state index in [0.717, 1.165) is 11.1 Å². The monoisotopic (exact) mass is 295 g/mol. The topological polar surface area (TPSA) is 39.2 Å². The van der Waals surface area contributed by atoms with Crippen LogP contribution in [0.3, 0.4) is 0 Å². The van der Waals surface area contributed by atoms with Crippen LogP contribution < -0.4 is 4.74 Å². The van der Waals surface area contributed by atoms with Crippen molar-refractivity contribution in [1.29, 1.82) is 0 Å². The molecular formula is C14H11Cl2NO2. The van der Waals surface area contributed by atoms with Crippen molar-refractivity contribution in [3.8, 4) is 5.75 Å². The Morgan fingerprint density at radius 1 is 1.21 bits per heavy atom. The van der Waals surface area contributed by atoms with E-state index in [1.807, 2.05) is 26.0 Å². The van der Waals surface area contributed by atoms with Gasteiger partial charge in [-0.15, -0.1) is 0 Å². The van der Waals surface area contributed by atoms with Crippen LogP contribution in [0.2, 0.25) is 10.2 Å². The van der Waals surface area contributed by atoms with Gasteiger partial charge in [0.1, 0.15) is 10.9 Å². The highest BCUT2D eigenvalue weighted by atomic mass is 35.5. The number of benzene rings is 1. The van der Waals surface area contributed by atoms with Crippen molar-refractivity contribution < 1.29 is 9.53 Å². The first-order chi connectivity index (χ1) is 8.97. The fourth-order valence-corrected chi connectivity index (χ4v) is 1.88. The molecule has 0 saturated heterocycles. The maximum absolute atomic E-state index is 12.0. The average molecular weight is 296 g/mol. The van der Waals surface area contributed by atoms with E-state index in [2.05, 4.69) is 4.98 Å². The van der Waals surface area contributed by atoms with Crippen molar-refractivity contribution in [2.75, 3.05) is 0 Å².